The molecule has 2 rings (SSSR count). The minimum Gasteiger partial charge on any atom is -0.412 e. The third-order valence-corrected chi connectivity index (χ3v) is 2.84. The van der Waals surface area contributed by atoms with Crippen molar-refractivity contribution in [2.75, 3.05) is 0 Å². The van der Waals surface area contributed by atoms with Crippen molar-refractivity contribution in [3.05, 3.63) is 32.1 Å². The first-order valence-electron chi connectivity index (χ1n) is 3.62. The molecule has 0 aliphatic rings. The van der Waals surface area contributed by atoms with Gasteiger partial charge in [-0.2, -0.15) is 0 Å². The maximum Gasteiger partial charge on any atom is 0.278 e. The summed E-state index contributed by atoms with van der Waals surface area (Å²) in [5.74, 6) is 0.377. The fourth-order valence-electron chi connectivity index (χ4n) is 0.983. The second kappa shape index (κ2) is 4.04. The minimum atomic E-state index is 0.377. The molecule has 14 heavy (non-hydrogen) atoms. The van der Waals surface area contributed by atoms with Gasteiger partial charge in [-0.3, -0.25) is 0 Å². The number of hydrogen-bond acceptors (Lipinski definition) is 3. The van der Waals surface area contributed by atoms with E-state index in [1.165, 1.54) is 0 Å². The van der Waals surface area contributed by atoms with Gasteiger partial charge in [0.25, 0.3) is 3.90 Å². The summed E-state index contributed by atoms with van der Waals surface area (Å²) in [5.41, 5.74) is 0.648. The van der Waals surface area contributed by atoms with Gasteiger partial charge in [0.15, 0.2) is 0 Å². The maximum absolute atomic E-state index is 5.97. The molecule has 6 heteroatoms. The fraction of sp³-hybridized carbons (Fsp3) is 0. The van der Waals surface area contributed by atoms with Crippen molar-refractivity contribution in [3.8, 4) is 11.5 Å². The molecule has 1 aromatic carbocycles. The van der Waals surface area contributed by atoms with E-state index >= 15 is 0 Å². The molecule has 1 aromatic heterocycles. The van der Waals surface area contributed by atoms with Crippen LogP contribution in [-0.2, 0) is 0 Å². The first-order valence-corrected chi connectivity index (χ1v) is 5.45. The van der Waals surface area contributed by atoms with Gasteiger partial charge < -0.3 is 4.42 Å². The number of benzene rings is 1. The number of aromatic nitrogens is 2. The summed E-state index contributed by atoms with van der Waals surface area (Å²) < 4.78 is 5.69. The van der Waals surface area contributed by atoms with Crippen LogP contribution in [0.15, 0.2) is 22.6 Å². The monoisotopic (exact) mass is 340 g/mol. The van der Waals surface area contributed by atoms with E-state index in [1.807, 2.05) is 22.6 Å². The molecule has 1 heterocycles. The molecule has 0 spiro atoms. The molecule has 0 N–H and O–H groups in total. The molecule has 72 valence electrons. The molecule has 0 aliphatic heterocycles. The molecule has 0 saturated carbocycles. The Morgan fingerprint density at radius 3 is 2.64 bits per heavy atom. The van der Waals surface area contributed by atoms with Gasteiger partial charge in [0, 0.05) is 22.6 Å². The Kier molecular flexibility index (Phi) is 2.94. The van der Waals surface area contributed by atoms with Crippen LogP contribution in [0, 0.1) is 3.90 Å². The SMILES string of the molecule is Clc1cccc(-c2nnc(I)o2)c1Cl. The second-order valence-corrected chi connectivity index (χ2v) is 4.17. The van der Waals surface area contributed by atoms with E-state index in [9.17, 15) is 0 Å². The summed E-state index contributed by atoms with van der Waals surface area (Å²) in [6.07, 6.45) is 0. The molecule has 0 saturated heterocycles. The van der Waals surface area contributed by atoms with Gasteiger partial charge in [0.05, 0.1) is 15.6 Å². The van der Waals surface area contributed by atoms with Crippen LogP contribution in [0.1, 0.15) is 0 Å². The predicted octanol–water partition coefficient (Wildman–Crippen LogP) is 3.65. The molecule has 0 unspecified atom stereocenters. The van der Waals surface area contributed by atoms with Crippen molar-refractivity contribution in [1.29, 1.82) is 0 Å². The van der Waals surface area contributed by atoms with Crippen LogP contribution in [-0.4, -0.2) is 10.2 Å². The zero-order valence-corrected chi connectivity index (χ0v) is 10.3. The molecule has 0 radical (unpaired) electrons. The van der Waals surface area contributed by atoms with Crippen LogP contribution in [0.5, 0.6) is 0 Å². The van der Waals surface area contributed by atoms with Gasteiger partial charge in [-0.05, 0) is 12.1 Å². The zero-order chi connectivity index (χ0) is 10.1. The molecular formula is C8H3Cl2IN2O. The summed E-state index contributed by atoms with van der Waals surface area (Å²) in [6.45, 7) is 0. The first-order chi connectivity index (χ1) is 6.68. The third-order valence-electron chi connectivity index (χ3n) is 1.58. The maximum atomic E-state index is 5.97. The third kappa shape index (κ3) is 1.87. The Morgan fingerprint density at radius 2 is 2.00 bits per heavy atom. The number of nitrogens with zero attached hydrogens (tertiary/aromatic N) is 2. The van der Waals surface area contributed by atoms with Gasteiger partial charge >= 0.3 is 0 Å². The molecule has 0 fully saturated rings. The lowest BCUT2D eigenvalue weighted by Crippen LogP contribution is -1.80. The smallest absolute Gasteiger partial charge is 0.278 e. The molecular weight excluding hydrogens is 338 g/mol. The number of rotatable bonds is 1. The van der Waals surface area contributed by atoms with Crippen molar-refractivity contribution >= 4 is 45.8 Å². The Labute approximate surface area is 104 Å². The van der Waals surface area contributed by atoms with E-state index in [0.29, 0.717) is 25.4 Å². The lowest BCUT2D eigenvalue weighted by molar-refractivity contribution is 0.537. The fourth-order valence-corrected chi connectivity index (χ4v) is 1.68. The quantitative estimate of drug-likeness (QED) is 0.744. The first kappa shape index (κ1) is 10.2. The van der Waals surface area contributed by atoms with Gasteiger partial charge in [-0.25, -0.2) is 0 Å². The van der Waals surface area contributed by atoms with Crippen LogP contribution in [0.2, 0.25) is 10.0 Å². The van der Waals surface area contributed by atoms with E-state index < -0.39 is 0 Å². The normalized spacial score (nSPS) is 10.5. The highest BCUT2D eigenvalue weighted by molar-refractivity contribution is 14.1. The Bertz CT molecular complexity index is 472. The average Bonchev–Trinajstić information content (AvgIpc) is 2.57. The topological polar surface area (TPSA) is 38.9 Å². The van der Waals surface area contributed by atoms with Gasteiger partial charge in [-0.1, -0.05) is 29.3 Å². The largest absolute Gasteiger partial charge is 0.412 e. The highest BCUT2D eigenvalue weighted by Crippen LogP contribution is 2.32. The molecule has 2 aromatic rings. The Morgan fingerprint density at radius 1 is 1.21 bits per heavy atom. The van der Waals surface area contributed by atoms with Crippen LogP contribution >= 0.6 is 45.8 Å². The van der Waals surface area contributed by atoms with E-state index in [2.05, 4.69) is 10.2 Å². The van der Waals surface area contributed by atoms with E-state index in [0.717, 1.165) is 0 Å². The molecule has 0 atom stereocenters. The summed E-state index contributed by atoms with van der Waals surface area (Å²) in [4.78, 5) is 0. The lowest BCUT2D eigenvalue weighted by atomic mass is 10.2. The Balaban J connectivity index is 2.57. The van der Waals surface area contributed by atoms with Crippen molar-refractivity contribution in [2.45, 2.75) is 0 Å². The summed E-state index contributed by atoms with van der Waals surface area (Å²) in [7, 11) is 0. The lowest BCUT2D eigenvalue weighted by Gasteiger charge is -1.99. The average molecular weight is 341 g/mol. The molecule has 3 nitrogen and oxygen atoms in total. The minimum absolute atomic E-state index is 0.377. The highest BCUT2D eigenvalue weighted by atomic mass is 127. The van der Waals surface area contributed by atoms with Crippen molar-refractivity contribution in [3.63, 3.8) is 0 Å². The van der Waals surface area contributed by atoms with Gasteiger partial charge in [0.1, 0.15) is 0 Å². The summed E-state index contributed by atoms with van der Waals surface area (Å²) in [6, 6.07) is 5.26. The zero-order valence-electron chi connectivity index (χ0n) is 6.67. The number of hydrogen-bond donors (Lipinski definition) is 0. The van der Waals surface area contributed by atoms with Crippen LogP contribution in [0.3, 0.4) is 0 Å². The predicted molar refractivity (Wildman–Crippen MR) is 62.5 cm³/mol. The Hall–Kier alpha value is -0.330. The standard InChI is InChI=1S/C8H3Cl2IN2O/c9-5-3-1-2-4(6(5)10)7-12-13-8(11)14-7/h1-3H. The van der Waals surface area contributed by atoms with Gasteiger partial charge in [-0.15, -0.1) is 10.2 Å². The molecule has 0 aliphatic carbocycles. The molecule has 0 bridgehead atoms. The van der Waals surface area contributed by atoms with E-state index in [4.69, 9.17) is 27.6 Å². The molecule has 0 amide bonds. The van der Waals surface area contributed by atoms with Crippen LogP contribution in [0.25, 0.3) is 11.5 Å². The number of halogens is 3. The van der Waals surface area contributed by atoms with Crippen LogP contribution in [0.4, 0.5) is 0 Å². The van der Waals surface area contributed by atoms with Gasteiger partial charge in [0.2, 0.25) is 5.89 Å². The highest BCUT2D eigenvalue weighted by Gasteiger charge is 2.12. The van der Waals surface area contributed by atoms with Crippen LogP contribution < -0.4 is 0 Å². The van der Waals surface area contributed by atoms with E-state index in [-0.39, 0.29) is 0 Å². The van der Waals surface area contributed by atoms with Crippen molar-refractivity contribution in [2.24, 2.45) is 0 Å². The van der Waals surface area contributed by atoms with Crippen molar-refractivity contribution in [1.82, 2.24) is 10.2 Å². The van der Waals surface area contributed by atoms with Crippen molar-refractivity contribution < 1.29 is 4.42 Å². The summed E-state index contributed by atoms with van der Waals surface area (Å²) in [5, 5.41) is 8.45. The summed E-state index contributed by atoms with van der Waals surface area (Å²) >= 11 is 13.8. The van der Waals surface area contributed by atoms with E-state index in [1.54, 1.807) is 18.2 Å². The second-order valence-electron chi connectivity index (χ2n) is 2.46.